The average Bonchev–Trinajstić information content (AvgIpc) is 3.37. The number of likely N-dealkylation sites (tertiary alicyclic amines) is 1. The summed E-state index contributed by atoms with van der Waals surface area (Å²) in [5.41, 5.74) is 3.87. The normalized spacial score (nSPS) is 30.1. The third-order valence-electron chi connectivity index (χ3n) is 6.91. The quantitative estimate of drug-likeness (QED) is 0.697. The molecule has 2 spiro atoms. The van der Waals surface area contributed by atoms with Crippen molar-refractivity contribution in [3.05, 3.63) is 46.7 Å². The van der Waals surface area contributed by atoms with Gasteiger partial charge in [-0.1, -0.05) is 24.3 Å². The molecule has 6 heteroatoms. The van der Waals surface area contributed by atoms with Crippen LogP contribution in [0.25, 0.3) is 0 Å². The molecular formula is C22H23N3O3. The van der Waals surface area contributed by atoms with Gasteiger partial charge in [0.2, 0.25) is 5.60 Å². The van der Waals surface area contributed by atoms with E-state index in [4.69, 9.17) is 9.47 Å². The molecule has 0 N–H and O–H groups in total. The third kappa shape index (κ3) is 2.27. The molecule has 5 aliphatic rings. The summed E-state index contributed by atoms with van der Waals surface area (Å²) in [6.45, 7) is 2.25. The van der Waals surface area contributed by atoms with E-state index in [0.717, 1.165) is 44.5 Å². The van der Waals surface area contributed by atoms with Crippen molar-refractivity contribution in [1.29, 1.82) is 0 Å². The second-order valence-corrected chi connectivity index (χ2v) is 8.48. The summed E-state index contributed by atoms with van der Waals surface area (Å²) in [5.74, 6) is -0.144. The summed E-state index contributed by atoms with van der Waals surface area (Å²) in [6.07, 6.45) is 6.84. The number of amidine groups is 1. The number of rotatable bonds is 0. The molecule has 1 saturated heterocycles. The van der Waals surface area contributed by atoms with Gasteiger partial charge in [0, 0.05) is 37.8 Å². The van der Waals surface area contributed by atoms with Crippen LogP contribution in [0.1, 0.15) is 49.7 Å². The Morgan fingerprint density at radius 3 is 2.79 bits per heavy atom. The maximum Gasteiger partial charge on any atom is 0.296 e. The van der Waals surface area contributed by atoms with Gasteiger partial charge in [-0.25, -0.2) is 0 Å². The van der Waals surface area contributed by atoms with Crippen LogP contribution in [0.3, 0.4) is 0 Å². The number of hydrogen-bond acceptors (Lipinski definition) is 5. The zero-order valence-electron chi connectivity index (χ0n) is 15.8. The molecule has 1 aliphatic carbocycles. The standard InChI is InChI=1S/C22H23N3O3/c26-19-22(12-15-5-3-9-23-18(15)13-22)28-20(24-19)25-10-7-21(8-11-25)17-6-2-1-4-16(17)14-27-21/h1-2,4,6,9H,3,5,7-8,10-14H2. The zero-order chi connectivity index (χ0) is 18.8. The first-order valence-corrected chi connectivity index (χ1v) is 10.2. The lowest BCUT2D eigenvalue weighted by atomic mass is 9.84. The van der Waals surface area contributed by atoms with E-state index >= 15 is 0 Å². The van der Waals surface area contributed by atoms with E-state index in [9.17, 15) is 4.79 Å². The molecule has 4 aliphatic heterocycles. The second kappa shape index (κ2) is 5.77. The molecule has 1 aromatic carbocycles. The number of carbonyl (C=O) groups excluding carboxylic acids is 1. The summed E-state index contributed by atoms with van der Waals surface area (Å²) < 4.78 is 12.5. The minimum atomic E-state index is -0.840. The molecule has 28 heavy (non-hydrogen) atoms. The van der Waals surface area contributed by atoms with Crippen molar-refractivity contribution < 1.29 is 14.3 Å². The first-order valence-electron chi connectivity index (χ1n) is 10.2. The lowest BCUT2D eigenvalue weighted by Gasteiger charge is -2.39. The van der Waals surface area contributed by atoms with Gasteiger partial charge < -0.3 is 14.4 Å². The van der Waals surface area contributed by atoms with Crippen molar-refractivity contribution in [2.75, 3.05) is 13.1 Å². The summed E-state index contributed by atoms with van der Waals surface area (Å²) in [7, 11) is 0. The van der Waals surface area contributed by atoms with Crippen molar-refractivity contribution in [1.82, 2.24) is 4.90 Å². The largest absolute Gasteiger partial charge is 0.447 e. The molecule has 1 amide bonds. The molecule has 0 bridgehead atoms. The highest BCUT2D eigenvalue weighted by molar-refractivity contribution is 6.02. The maximum absolute atomic E-state index is 12.8. The fraction of sp³-hybridized carbons (Fsp3) is 0.500. The number of nitrogens with zero attached hydrogens (tertiary/aromatic N) is 3. The van der Waals surface area contributed by atoms with Crippen molar-refractivity contribution in [2.45, 2.75) is 56.3 Å². The molecule has 144 valence electrons. The monoisotopic (exact) mass is 377 g/mol. The Hall–Kier alpha value is -2.47. The Labute approximate surface area is 163 Å². The van der Waals surface area contributed by atoms with E-state index in [0.29, 0.717) is 25.5 Å². The predicted octanol–water partition coefficient (Wildman–Crippen LogP) is 3.07. The van der Waals surface area contributed by atoms with Crippen molar-refractivity contribution in [3.8, 4) is 0 Å². The molecule has 1 atom stereocenters. The lowest BCUT2D eigenvalue weighted by molar-refractivity contribution is -0.130. The molecule has 1 aromatic rings. The number of carbonyl (C=O) groups is 1. The van der Waals surface area contributed by atoms with E-state index in [1.807, 2.05) is 6.21 Å². The highest BCUT2D eigenvalue weighted by Crippen LogP contribution is 2.47. The Morgan fingerprint density at radius 1 is 1.07 bits per heavy atom. The minimum absolute atomic E-state index is 0.144. The average molecular weight is 377 g/mol. The van der Waals surface area contributed by atoms with Gasteiger partial charge in [-0.05, 0) is 42.4 Å². The number of fused-ring (bicyclic) bond motifs is 2. The first-order chi connectivity index (χ1) is 13.7. The lowest BCUT2D eigenvalue weighted by Crippen LogP contribution is -2.46. The molecule has 4 heterocycles. The van der Waals surface area contributed by atoms with E-state index < -0.39 is 5.60 Å². The van der Waals surface area contributed by atoms with Gasteiger partial charge in [0.05, 0.1) is 12.2 Å². The molecule has 6 rings (SSSR count). The van der Waals surface area contributed by atoms with Crippen LogP contribution < -0.4 is 0 Å². The van der Waals surface area contributed by atoms with Crippen LogP contribution in [0.2, 0.25) is 0 Å². The molecule has 0 radical (unpaired) electrons. The summed E-state index contributed by atoms with van der Waals surface area (Å²) in [5, 5.41) is 0. The molecule has 6 nitrogen and oxygen atoms in total. The Bertz CT molecular complexity index is 956. The van der Waals surface area contributed by atoms with Gasteiger partial charge in [0.15, 0.2) is 0 Å². The highest BCUT2D eigenvalue weighted by Gasteiger charge is 2.53. The maximum atomic E-state index is 12.8. The van der Waals surface area contributed by atoms with Crippen molar-refractivity contribution in [3.63, 3.8) is 0 Å². The number of piperidine rings is 1. The second-order valence-electron chi connectivity index (χ2n) is 8.48. The predicted molar refractivity (Wildman–Crippen MR) is 104 cm³/mol. The topological polar surface area (TPSA) is 63.5 Å². The van der Waals surface area contributed by atoms with Crippen molar-refractivity contribution in [2.24, 2.45) is 9.98 Å². The van der Waals surface area contributed by atoms with E-state index in [1.54, 1.807) is 0 Å². The van der Waals surface area contributed by atoms with Crippen LogP contribution in [0, 0.1) is 0 Å². The van der Waals surface area contributed by atoms with Crippen LogP contribution in [0.4, 0.5) is 0 Å². The Balaban J connectivity index is 1.17. The van der Waals surface area contributed by atoms with Gasteiger partial charge in [-0.15, -0.1) is 0 Å². The Morgan fingerprint density at radius 2 is 1.93 bits per heavy atom. The highest BCUT2D eigenvalue weighted by atomic mass is 16.5. The number of amides is 1. The minimum Gasteiger partial charge on any atom is -0.447 e. The summed E-state index contributed by atoms with van der Waals surface area (Å²) in [6, 6.07) is 9.00. The van der Waals surface area contributed by atoms with Gasteiger partial charge >= 0.3 is 0 Å². The van der Waals surface area contributed by atoms with Crippen LogP contribution >= 0.6 is 0 Å². The molecule has 1 fully saturated rings. The van der Waals surface area contributed by atoms with Gasteiger partial charge in [0.1, 0.15) is 0 Å². The SMILES string of the molecule is O=C1N=C(N2CCC3(CC2)OCc2ccccc23)OC12CC1=C(C2)N=CCC1. The first kappa shape index (κ1) is 16.5. The van der Waals surface area contributed by atoms with Crippen LogP contribution in [-0.4, -0.2) is 41.7 Å². The van der Waals surface area contributed by atoms with Gasteiger partial charge in [-0.2, -0.15) is 4.99 Å². The van der Waals surface area contributed by atoms with Crippen LogP contribution in [0.15, 0.2) is 45.5 Å². The number of benzene rings is 1. The van der Waals surface area contributed by atoms with Crippen LogP contribution in [-0.2, 0) is 26.5 Å². The summed E-state index contributed by atoms with van der Waals surface area (Å²) >= 11 is 0. The number of ether oxygens (including phenoxy) is 2. The Kier molecular flexibility index (Phi) is 3.39. The van der Waals surface area contributed by atoms with Gasteiger partial charge in [0.25, 0.3) is 11.9 Å². The van der Waals surface area contributed by atoms with E-state index in [1.165, 1.54) is 16.7 Å². The fourth-order valence-electron chi connectivity index (χ4n) is 5.33. The summed E-state index contributed by atoms with van der Waals surface area (Å²) in [4.78, 5) is 23.7. The van der Waals surface area contributed by atoms with E-state index in [-0.39, 0.29) is 11.5 Å². The number of hydrogen-bond donors (Lipinski definition) is 0. The molecule has 0 aromatic heterocycles. The smallest absolute Gasteiger partial charge is 0.296 e. The van der Waals surface area contributed by atoms with Crippen LogP contribution in [0.5, 0.6) is 0 Å². The van der Waals surface area contributed by atoms with E-state index in [2.05, 4.69) is 39.2 Å². The fourth-order valence-corrected chi connectivity index (χ4v) is 5.33. The molecule has 0 saturated carbocycles. The molecule has 1 unspecified atom stereocenters. The molecular weight excluding hydrogens is 354 g/mol. The van der Waals surface area contributed by atoms with Crippen molar-refractivity contribution >= 4 is 18.1 Å². The van der Waals surface area contributed by atoms with Gasteiger partial charge in [-0.3, -0.25) is 9.79 Å². The third-order valence-corrected chi connectivity index (χ3v) is 6.91. The zero-order valence-corrected chi connectivity index (χ0v) is 15.8. The number of aliphatic imine (C=N–C) groups is 2.